The lowest BCUT2D eigenvalue weighted by atomic mass is 10.1. The first kappa shape index (κ1) is 19.7. The van der Waals surface area contributed by atoms with Gasteiger partial charge in [0.2, 0.25) is 5.91 Å². The van der Waals surface area contributed by atoms with Crippen LogP contribution in [-0.2, 0) is 17.5 Å². The number of likely N-dealkylation sites (N-methyl/N-ethyl adjacent to an activating group) is 1. The molecule has 0 aromatic heterocycles. The number of nitrogens with one attached hydrogen (secondary N) is 2. The minimum Gasteiger partial charge on any atom is -0.357 e. The van der Waals surface area contributed by atoms with Crippen LogP contribution in [0.2, 0.25) is 0 Å². The third-order valence-electron chi connectivity index (χ3n) is 3.03. The lowest BCUT2D eigenvalue weighted by Crippen LogP contribution is -2.42. The number of benzene rings is 1. The maximum Gasteiger partial charge on any atom is 0.416 e. The zero-order chi connectivity index (χ0) is 18.3. The number of guanidine groups is 1. The average molecular weight is 348 g/mol. The highest BCUT2D eigenvalue weighted by atomic mass is 19.4. The van der Waals surface area contributed by atoms with Gasteiger partial charge in [-0.05, 0) is 24.6 Å². The van der Waals surface area contributed by atoms with Gasteiger partial charge >= 0.3 is 6.18 Å². The van der Waals surface area contributed by atoms with Gasteiger partial charge in [-0.1, -0.05) is 6.07 Å². The summed E-state index contributed by atoms with van der Waals surface area (Å²) in [5, 5.41) is 5.56. The smallest absolute Gasteiger partial charge is 0.357 e. The number of aliphatic imine (C=N–C) groups is 1. The quantitative estimate of drug-likeness (QED) is 0.486. The Labute approximate surface area is 137 Å². The summed E-state index contributed by atoms with van der Waals surface area (Å²) in [7, 11) is 3.17. The molecule has 134 valence electrons. The largest absolute Gasteiger partial charge is 0.416 e. The molecule has 1 amide bonds. The molecule has 0 fully saturated rings. The van der Waals surface area contributed by atoms with Crippen molar-refractivity contribution in [3.63, 3.8) is 0 Å². The summed E-state index contributed by atoms with van der Waals surface area (Å²) < 4.78 is 51.9. The number of nitrogens with zero attached hydrogens (tertiary/aromatic N) is 2. The predicted molar refractivity (Wildman–Crippen MR) is 82.9 cm³/mol. The van der Waals surface area contributed by atoms with Gasteiger partial charge in [-0.3, -0.25) is 4.79 Å². The van der Waals surface area contributed by atoms with Crippen molar-refractivity contribution in [1.29, 1.82) is 0 Å². The highest BCUT2D eigenvalue weighted by Crippen LogP contribution is 2.32. The highest BCUT2D eigenvalue weighted by molar-refractivity contribution is 5.86. The molecule has 0 aliphatic heterocycles. The molecule has 0 unspecified atom stereocenters. The summed E-state index contributed by atoms with van der Waals surface area (Å²) >= 11 is 0. The third-order valence-corrected chi connectivity index (χ3v) is 3.03. The Kier molecular flexibility index (Phi) is 6.99. The molecule has 24 heavy (non-hydrogen) atoms. The monoisotopic (exact) mass is 348 g/mol. The van der Waals surface area contributed by atoms with Gasteiger partial charge in [0, 0.05) is 20.6 Å². The van der Waals surface area contributed by atoms with Crippen LogP contribution in [0.15, 0.2) is 23.2 Å². The molecule has 2 N–H and O–H groups in total. The van der Waals surface area contributed by atoms with E-state index in [-0.39, 0.29) is 30.5 Å². The van der Waals surface area contributed by atoms with Crippen molar-refractivity contribution in [1.82, 2.24) is 15.5 Å². The van der Waals surface area contributed by atoms with Gasteiger partial charge in [0.05, 0.1) is 18.7 Å². The summed E-state index contributed by atoms with van der Waals surface area (Å²) in [5.74, 6) is -0.972. The first-order valence-electron chi connectivity index (χ1n) is 7.23. The summed E-state index contributed by atoms with van der Waals surface area (Å²) in [4.78, 5) is 16.9. The molecule has 0 spiro atoms. The lowest BCUT2D eigenvalue weighted by molar-refractivity contribution is -0.138. The number of carbonyl (C=O) groups excluding carboxylic acids is 1. The van der Waals surface area contributed by atoms with Crippen LogP contribution in [0.1, 0.15) is 18.1 Å². The van der Waals surface area contributed by atoms with Crippen molar-refractivity contribution in [2.75, 3.05) is 27.2 Å². The van der Waals surface area contributed by atoms with Crippen molar-refractivity contribution in [3.8, 4) is 0 Å². The summed E-state index contributed by atoms with van der Waals surface area (Å²) in [6, 6.07) is 2.45. The highest BCUT2D eigenvalue weighted by Gasteiger charge is 2.33. The Bertz CT molecular complexity index is 600. The van der Waals surface area contributed by atoms with Gasteiger partial charge in [0.1, 0.15) is 5.82 Å². The van der Waals surface area contributed by atoms with Crippen LogP contribution in [0.3, 0.4) is 0 Å². The van der Waals surface area contributed by atoms with E-state index in [1.807, 2.05) is 0 Å². The average Bonchev–Trinajstić information content (AvgIpc) is 2.49. The Morgan fingerprint density at radius 1 is 1.25 bits per heavy atom. The van der Waals surface area contributed by atoms with Crippen molar-refractivity contribution in [2.45, 2.75) is 19.6 Å². The molecule has 0 atom stereocenters. The van der Waals surface area contributed by atoms with Gasteiger partial charge in [-0.15, -0.1) is 0 Å². The molecule has 9 heteroatoms. The van der Waals surface area contributed by atoms with Crippen molar-refractivity contribution >= 4 is 11.9 Å². The number of hydrogen-bond acceptors (Lipinski definition) is 2. The lowest BCUT2D eigenvalue weighted by Gasteiger charge is -2.15. The number of alkyl halides is 3. The predicted octanol–water partition coefficient (Wildman–Crippen LogP) is 1.99. The zero-order valence-electron chi connectivity index (χ0n) is 13.7. The van der Waals surface area contributed by atoms with Gasteiger partial charge in [0.15, 0.2) is 5.96 Å². The standard InChI is InChI=1S/C15H20F4N4O/c1-4-20-14(22-9-13(24)23(2)3)21-8-10-5-6-11(16)7-12(10)15(17,18)19/h5-7H,4,8-9H2,1-3H3,(H2,20,21,22). The van der Waals surface area contributed by atoms with Crippen LogP contribution in [-0.4, -0.2) is 44.0 Å². The number of amides is 1. The summed E-state index contributed by atoms with van der Waals surface area (Å²) in [6.45, 7) is 1.90. The van der Waals surface area contributed by atoms with E-state index in [1.54, 1.807) is 21.0 Å². The first-order chi connectivity index (χ1) is 11.1. The SMILES string of the molecule is CCNC(=NCc1ccc(F)cc1C(F)(F)F)NCC(=O)N(C)C. The molecule has 0 bridgehead atoms. The molecule has 0 aliphatic rings. The van der Waals surface area contributed by atoms with Crippen LogP contribution in [0.4, 0.5) is 17.6 Å². The fourth-order valence-electron chi connectivity index (χ4n) is 1.77. The molecule has 0 saturated carbocycles. The number of hydrogen-bond donors (Lipinski definition) is 2. The van der Waals surface area contributed by atoms with Crippen LogP contribution >= 0.6 is 0 Å². The molecule has 1 rings (SSSR count). The Morgan fingerprint density at radius 2 is 1.92 bits per heavy atom. The second kappa shape index (κ2) is 8.51. The fourth-order valence-corrected chi connectivity index (χ4v) is 1.77. The molecular formula is C15H20F4N4O. The van der Waals surface area contributed by atoms with Gasteiger partial charge in [-0.25, -0.2) is 9.38 Å². The zero-order valence-corrected chi connectivity index (χ0v) is 13.7. The van der Waals surface area contributed by atoms with Crippen molar-refractivity contribution in [2.24, 2.45) is 4.99 Å². The molecule has 1 aromatic rings. The minimum atomic E-state index is -4.67. The van der Waals surface area contributed by atoms with Crippen LogP contribution < -0.4 is 10.6 Å². The van der Waals surface area contributed by atoms with Gasteiger partial charge in [-0.2, -0.15) is 13.2 Å². The van der Waals surface area contributed by atoms with Gasteiger partial charge < -0.3 is 15.5 Å². The number of halogens is 4. The van der Waals surface area contributed by atoms with E-state index < -0.39 is 17.6 Å². The third kappa shape index (κ3) is 6.05. The first-order valence-corrected chi connectivity index (χ1v) is 7.23. The Hall–Kier alpha value is -2.32. The van der Waals surface area contributed by atoms with E-state index in [9.17, 15) is 22.4 Å². The number of rotatable bonds is 5. The van der Waals surface area contributed by atoms with E-state index in [2.05, 4.69) is 15.6 Å². The Morgan fingerprint density at radius 3 is 2.46 bits per heavy atom. The van der Waals surface area contributed by atoms with Gasteiger partial charge in [0.25, 0.3) is 0 Å². The minimum absolute atomic E-state index is 0.0472. The maximum atomic E-state index is 13.1. The van der Waals surface area contributed by atoms with E-state index >= 15 is 0 Å². The topological polar surface area (TPSA) is 56.7 Å². The Balaban J connectivity index is 2.92. The molecule has 0 heterocycles. The van der Waals surface area contributed by atoms with E-state index in [4.69, 9.17) is 0 Å². The van der Waals surface area contributed by atoms with Crippen molar-refractivity contribution < 1.29 is 22.4 Å². The molecule has 0 aliphatic carbocycles. The fraction of sp³-hybridized carbons (Fsp3) is 0.467. The molecule has 5 nitrogen and oxygen atoms in total. The summed E-state index contributed by atoms with van der Waals surface area (Å²) in [6.07, 6.45) is -4.67. The molecule has 0 radical (unpaired) electrons. The molecule has 0 saturated heterocycles. The van der Waals surface area contributed by atoms with E-state index in [0.717, 1.165) is 12.1 Å². The van der Waals surface area contributed by atoms with Crippen LogP contribution in [0.5, 0.6) is 0 Å². The maximum absolute atomic E-state index is 13.1. The normalized spacial score (nSPS) is 12.0. The molecular weight excluding hydrogens is 328 g/mol. The van der Waals surface area contributed by atoms with E-state index in [1.165, 1.54) is 4.90 Å². The van der Waals surface area contributed by atoms with Crippen LogP contribution in [0, 0.1) is 5.82 Å². The van der Waals surface area contributed by atoms with Crippen molar-refractivity contribution in [3.05, 3.63) is 35.1 Å². The second-order valence-electron chi connectivity index (χ2n) is 5.14. The summed E-state index contributed by atoms with van der Waals surface area (Å²) in [5.41, 5.74) is -1.22. The number of carbonyl (C=O) groups is 1. The van der Waals surface area contributed by atoms with Crippen LogP contribution in [0.25, 0.3) is 0 Å². The second-order valence-corrected chi connectivity index (χ2v) is 5.14. The molecule has 1 aromatic carbocycles. The van der Waals surface area contributed by atoms with E-state index in [0.29, 0.717) is 12.6 Å².